The number of ketones is 1. The van der Waals surface area contributed by atoms with E-state index < -0.39 is 0 Å². The molecule has 1 aliphatic rings. The number of amides is 1. The lowest BCUT2D eigenvalue weighted by Gasteiger charge is -2.30. The van der Waals surface area contributed by atoms with Gasteiger partial charge in [0.25, 0.3) is 0 Å². The Labute approximate surface area is 132 Å². The summed E-state index contributed by atoms with van der Waals surface area (Å²) in [6.07, 6.45) is 3.49. The third kappa shape index (κ3) is 4.86. The average molecular weight is 303 g/mol. The largest absolute Gasteiger partial charge is 0.494 e. The standard InChI is InChI=1S/C18H25NO3/c1-14-9-11-19(12-10-14)18(21)4-3-13-22-17-7-5-16(6-8-17)15(2)20/h5-8,14H,3-4,9-13H2,1-2H3. The van der Waals surface area contributed by atoms with Crippen LogP contribution in [-0.4, -0.2) is 36.3 Å². The quantitative estimate of drug-likeness (QED) is 0.598. The lowest BCUT2D eigenvalue weighted by Crippen LogP contribution is -2.37. The number of Topliss-reactive ketones (excluding diaryl/α,β-unsaturated/α-hetero) is 1. The zero-order valence-corrected chi connectivity index (χ0v) is 13.5. The highest BCUT2D eigenvalue weighted by molar-refractivity contribution is 5.94. The van der Waals surface area contributed by atoms with Gasteiger partial charge in [0, 0.05) is 25.1 Å². The van der Waals surface area contributed by atoms with E-state index >= 15 is 0 Å². The zero-order chi connectivity index (χ0) is 15.9. The first-order valence-corrected chi connectivity index (χ1v) is 8.08. The summed E-state index contributed by atoms with van der Waals surface area (Å²) in [5.74, 6) is 1.77. The Morgan fingerprint density at radius 2 is 1.82 bits per heavy atom. The van der Waals surface area contributed by atoms with E-state index in [9.17, 15) is 9.59 Å². The zero-order valence-electron chi connectivity index (χ0n) is 13.5. The number of benzene rings is 1. The number of carbonyl (C=O) groups excluding carboxylic acids is 2. The smallest absolute Gasteiger partial charge is 0.222 e. The molecule has 1 aromatic rings. The van der Waals surface area contributed by atoms with Crippen molar-refractivity contribution >= 4 is 11.7 Å². The first-order chi connectivity index (χ1) is 10.6. The van der Waals surface area contributed by atoms with E-state index in [1.807, 2.05) is 4.90 Å². The van der Waals surface area contributed by atoms with Crippen molar-refractivity contribution in [3.05, 3.63) is 29.8 Å². The van der Waals surface area contributed by atoms with Gasteiger partial charge >= 0.3 is 0 Å². The van der Waals surface area contributed by atoms with Crippen LogP contribution in [0, 0.1) is 5.92 Å². The van der Waals surface area contributed by atoms with Crippen LogP contribution in [0.4, 0.5) is 0 Å². The molecule has 1 saturated heterocycles. The Hall–Kier alpha value is -1.84. The van der Waals surface area contributed by atoms with Crippen LogP contribution in [0.1, 0.15) is 49.9 Å². The van der Waals surface area contributed by atoms with E-state index in [1.165, 1.54) is 0 Å². The molecular weight excluding hydrogens is 278 g/mol. The van der Waals surface area contributed by atoms with Crippen LogP contribution in [-0.2, 0) is 4.79 Å². The molecule has 1 amide bonds. The predicted octanol–water partition coefficient (Wildman–Crippen LogP) is 3.31. The summed E-state index contributed by atoms with van der Waals surface area (Å²) in [6, 6.07) is 7.12. The van der Waals surface area contributed by atoms with Crippen LogP contribution in [0.5, 0.6) is 5.75 Å². The van der Waals surface area contributed by atoms with E-state index in [1.54, 1.807) is 31.2 Å². The summed E-state index contributed by atoms with van der Waals surface area (Å²) >= 11 is 0. The third-order valence-electron chi connectivity index (χ3n) is 4.20. The monoisotopic (exact) mass is 303 g/mol. The summed E-state index contributed by atoms with van der Waals surface area (Å²) in [4.78, 5) is 25.2. The normalized spacial score (nSPS) is 15.6. The van der Waals surface area contributed by atoms with Gasteiger partial charge in [-0.25, -0.2) is 0 Å². The van der Waals surface area contributed by atoms with Gasteiger partial charge in [-0.1, -0.05) is 6.92 Å². The molecule has 4 heteroatoms. The average Bonchev–Trinajstić information content (AvgIpc) is 2.52. The van der Waals surface area contributed by atoms with E-state index in [2.05, 4.69) is 6.92 Å². The Morgan fingerprint density at radius 1 is 1.18 bits per heavy atom. The molecule has 120 valence electrons. The first kappa shape index (κ1) is 16.5. The molecule has 2 rings (SSSR count). The number of ether oxygens (including phenoxy) is 1. The van der Waals surface area contributed by atoms with Gasteiger partial charge < -0.3 is 9.64 Å². The number of rotatable bonds is 6. The van der Waals surface area contributed by atoms with Gasteiger partial charge in [0.05, 0.1) is 6.61 Å². The highest BCUT2D eigenvalue weighted by atomic mass is 16.5. The van der Waals surface area contributed by atoms with Gasteiger partial charge in [-0.05, 0) is 56.4 Å². The molecule has 0 aromatic heterocycles. The number of likely N-dealkylation sites (tertiary alicyclic amines) is 1. The summed E-state index contributed by atoms with van der Waals surface area (Å²) in [6.45, 7) is 6.10. The second-order valence-corrected chi connectivity index (χ2v) is 6.10. The summed E-state index contributed by atoms with van der Waals surface area (Å²) in [5.41, 5.74) is 0.682. The van der Waals surface area contributed by atoms with Crippen LogP contribution in [0.25, 0.3) is 0 Å². The molecule has 1 aliphatic heterocycles. The van der Waals surface area contributed by atoms with Gasteiger partial charge in [0.15, 0.2) is 5.78 Å². The van der Waals surface area contributed by atoms with Crippen molar-refractivity contribution in [2.45, 2.75) is 39.5 Å². The maximum Gasteiger partial charge on any atom is 0.222 e. The highest BCUT2D eigenvalue weighted by Crippen LogP contribution is 2.17. The number of nitrogens with zero attached hydrogens (tertiary/aromatic N) is 1. The maximum absolute atomic E-state index is 12.1. The van der Waals surface area contributed by atoms with E-state index in [-0.39, 0.29) is 11.7 Å². The molecule has 0 saturated carbocycles. The highest BCUT2D eigenvalue weighted by Gasteiger charge is 2.19. The molecule has 0 atom stereocenters. The van der Waals surface area contributed by atoms with Gasteiger partial charge in [0.1, 0.15) is 5.75 Å². The molecule has 4 nitrogen and oxygen atoms in total. The molecule has 0 N–H and O–H groups in total. The van der Waals surface area contributed by atoms with E-state index in [0.29, 0.717) is 18.6 Å². The Morgan fingerprint density at radius 3 is 2.41 bits per heavy atom. The number of hydrogen-bond donors (Lipinski definition) is 0. The maximum atomic E-state index is 12.1. The molecule has 0 radical (unpaired) electrons. The first-order valence-electron chi connectivity index (χ1n) is 8.08. The van der Waals surface area contributed by atoms with Gasteiger partial charge in [-0.2, -0.15) is 0 Å². The summed E-state index contributed by atoms with van der Waals surface area (Å²) < 4.78 is 5.61. The molecular formula is C18H25NO3. The lowest BCUT2D eigenvalue weighted by atomic mass is 9.99. The molecule has 1 heterocycles. The van der Waals surface area contributed by atoms with Gasteiger partial charge in [-0.15, -0.1) is 0 Å². The minimum Gasteiger partial charge on any atom is -0.494 e. The summed E-state index contributed by atoms with van der Waals surface area (Å²) in [5, 5.41) is 0. The molecule has 0 spiro atoms. The Kier molecular flexibility index (Phi) is 5.99. The third-order valence-corrected chi connectivity index (χ3v) is 4.20. The Balaban J connectivity index is 1.66. The molecule has 1 fully saturated rings. The van der Waals surface area contributed by atoms with Crippen LogP contribution in [0.2, 0.25) is 0 Å². The SMILES string of the molecule is CC(=O)c1ccc(OCCCC(=O)N2CCC(C)CC2)cc1. The molecule has 1 aromatic carbocycles. The predicted molar refractivity (Wildman–Crippen MR) is 86.2 cm³/mol. The second-order valence-electron chi connectivity index (χ2n) is 6.10. The molecule has 22 heavy (non-hydrogen) atoms. The molecule has 0 bridgehead atoms. The number of hydrogen-bond acceptors (Lipinski definition) is 3. The second kappa shape index (κ2) is 7.97. The minimum atomic E-state index is 0.0491. The van der Waals surface area contributed by atoms with E-state index in [0.717, 1.165) is 44.0 Å². The molecule has 0 aliphatic carbocycles. The van der Waals surface area contributed by atoms with Crippen LogP contribution in [0.3, 0.4) is 0 Å². The topological polar surface area (TPSA) is 46.6 Å². The van der Waals surface area contributed by atoms with Crippen molar-refractivity contribution in [1.82, 2.24) is 4.90 Å². The fourth-order valence-electron chi connectivity index (χ4n) is 2.62. The van der Waals surface area contributed by atoms with Crippen molar-refractivity contribution < 1.29 is 14.3 Å². The van der Waals surface area contributed by atoms with Crippen molar-refractivity contribution in [3.8, 4) is 5.75 Å². The van der Waals surface area contributed by atoms with Crippen molar-refractivity contribution in [2.75, 3.05) is 19.7 Å². The molecule has 0 unspecified atom stereocenters. The van der Waals surface area contributed by atoms with Crippen LogP contribution in [0.15, 0.2) is 24.3 Å². The van der Waals surface area contributed by atoms with Gasteiger partial charge in [-0.3, -0.25) is 9.59 Å². The minimum absolute atomic E-state index is 0.0491. The lowest BCUT2D eigenvalue weighted by molar-refractivity contribution is -0.132. The number of piperidine rings is 1. The van der Waals surface area contributed by atoms with Gasteiger partial charge in [0.2, 0.25) is 5.91 Å². The van der Waals surface area contributed by atoms with E-state index in [4.69, 9.17) is 4.74 Å². The fourth-order valence-corrected chi connectivity index (χ4v) is 2.62. The van der Waals surface area contributed by atoms with Crippen molar-refractivity contribution in [3.63, 3.8) is 0 Å². The summed E-state index contributed by atoms with van der Waals surface area (Å²) in [7, 11) is 0. The van der Waals surface area contributed by atoms with Crippen LogP contribution >= 0.6 is 0 Å². The fraction of sp³-hybridized carbons (Fsp3) is 0.556. The number of carbonyl (C=O) groups is 2. The van der Waals surface area contributed by atoms with Crippen molar-refractivity contribution in [1.29, 1.82) is 0 Å². The van der Waals surface area contributed by atoms with Crippen molar-refractivity contribution in [2.24, 2.45) is 5.92 Å². The van der Waals surface area contributed by atoms with Crippen LogP contribution < -0.4 is 4.74 Å². The Bertz CT molecular complexity index is 502.